The highest BCUT2D eigenvalue weighted by molar-refractivity contribution is 5.68. The number of benzene rings is 1. The Kier molecular flexibility index (Phi) is 3.51. The van der Waals surface area contributed by atoms with Gasteiger partial charge in [-0.15, -0.1) is 0 Å². The summed E-state index contributed by atoms with van der Waals surface area (Å²) in [5.74, 6) is 8.62. The Morgan fingerprint density at radius 1 is 1.19 bits per heavy atom. The van der Waals surface area contributed by atoms with Gasteiger partial charge in [0.15, 0.2) is 0 Å². The molecule has 1 aliphatic rings. The summed E-state index contributed by atoms with van der Waals surface area (Å²) < 4.78 is 0. The number of para-hydroxylation sites is 1. The van der Waals surface area contributed by atoms with E-state index < -0.39 is 0 Å². The predicted molar refractivity (Wildman–Crippen MR) is 85.8 cm³/mol. The Morgan fingerprint density at radius 2 is 1.90 bits per heavy atom. The van der Waals surface area contributed by atoms with Crippen LogP contribution < -0.4 is 16.2 Å². The molecular weight excluding hydrogens is 262 g/mol. The minimum atomic E-state index is 0.488. The SMILES string of the molecule is Cc1ccccc1N(C)c1nc(C2CC2)nc(NN)c1C. The normalized spacial score (nSPS) is 14.1. The molecule has 0 unspecified atom stereocenters. The van der Waals surface area contributed by atoms with Gasteiger partial charge in [-0.1, -0.05) is 18.2 Å². The van der Waals surface area contributed by atoms with Crippen molar-refractivity contribution < 1.29 is 0 Å². The number of nitrogens with one attached hydrogen (secondary N) is 1. The minimum Gasteiger partial charge on any atom is -0.329 e. The molecule has 0 amide bonds. The molecule has 0 atom stereocenters. The number of anilines is 3. The third kappa shape index (κ3) is 2.56. The van der Waals surface area contributed by atoms with Crippen molar-refractivity contribution in [3.05, 3.63) is 41.2 Å². The monoisotopic (exact) mass is 283 g/mol. The van der Waals surface area contributed by atoms with Crippen LogP contribution in [-0.4, -0.2) is 17.0 Å². The molecule has 0 saturated heterocycles. The van der Waals surface area contributed by atoms with Crippen LogP contribution in [0.3, 0.4) is 0 Å². The maximum atomic E-state index is 5.62. The standard InChI is InChI=1S/C16H21N5/c1-10-6-4-5-7-13(10)21(3)16-11(2)14(20-17)18-15(19-16)12-8-9-12/h4-7,12H,8-9,17H2,1-3H3,(H,18,19,20). The zero-order chi connectivity index (χ0) is 15.0. The Morgan fingerprint density at radius 3 is 2.52 bits per heavy atom. The van der Waals surface area contributed by atoms with Gasteiger partial charge < -0.3 is 10.3 Å². The van der Waals surface area contributed by atoms with Crippen molar-refractivity contribution in [3.63, 3.8) is 0 Å². The molecule has 1 heterocycles. The third-order valence-electron chi connectivity index (χ3n) is 4.01. The number of nitrogens with two attached hydrogens (primary N) is 1. The fraction of sp³-hybridized carbons (Fsp3) is 0.375. The van der Waals surface area contributed by atoms with Crippen LogP contribution in [-0.2, 0) is 0 Å². The van der Waals surface area contributed by atoms with Crippen LogP contribution in [0.5, 0.6) is 0 Å². The summed E-state index contributed by atoms with van der Waals surface area (Å²) in [4.78, 5) is 11.4. The molecule has 0 bridgehead atoms. The van der Waals surface area contributed by atoms with Crippen LogP contribution in [0.1, 0.15) is 35.7 Å². The molecule has 5 nitrogen and oxygen atoms in total. The van der Waals surface area contributed by atoms with Gasteiger partial charge in [0.25, 0.3) is 0 Å². The van der Waals surface area contributed by atoms with Gasteiger partial charge in [0.05, 0.1) is 0 Å². The highest BCUT2D eigenvalue weighted by Gasteiger charge is 2.29. The van der Waals surface area contributed by atoms with Crippen LogP contribution >= 0.6 is 0 Å². The van der Waals surface area contributed by atoms with Crippen molar-refractivity contribution in [1.29, 1.82) is 0 Å². The number of hydrazine groups is 1. The van der Waals surface area contributed by atoms with Crippen molar-refractivity contribution in [2.45, 2.75) is 32.6 Å². The first-order valence-electron chi connectivity index (χ1n) is 7.26. The molecule has 1 saturated carbocycles. The van der Waals surface area contributed by atoms with Crippen molar-refractivity contribution in [2.24, 2.45) is 5.84 Å². The average molecular weight is 283 g/mol. The van der Waals surface area contributed by atoms with Crippen molar-refractivity contribution >= 4 is 17.3 Å². The van der Waals surface area contributed by atoms with E-state index in [0.29, 0.717) is 11.7 Å². The largest absolute Gasteiger partial charge is 0.329 e. The maximum Gasteiger partial charge on any atom is 0.148 e. The maximum absolute atomic E-state index is 5.62. The quantitative estimate of drug-likeness (QED) is 0.667. The van der Waals surface area contributed by atoms with Crippen LogP contribution in [0.4, 0.5) is 17.3 Å². The van der Waals surface area contributed by atoms with E-state index >= 15 is 0 Å². The number of rotatable bonds is 4. The summed E-state index contributed by atoms with van der Waals surface area (Å²) >= 11 is 0. The molecule has 0 radical (unpaired) electrons. The van der Waals surface area contributed by atoms with E-state index in [2.05, 4.69) is 34.4 Å². The first-order valence-corrected chi connectivity index (χ1v) is 7.26. The molecule has 1 aliphatic carbocycles. The molecule has 1 fully saturated rings. The number of nitrogens with zero attached hydrogens (tertiary/aromatic N) is 3. The number of aryl methyl sites for hydroxylation is 1. The zero-order valence-corrected chi connectivity index (χ0v) is 12.7. The molecule has 3 rings (SSSR count). The molecule has 2 aromatic rings. The molecule has 3 N–H and O–H groups in total. The molecule has 1 aromatic carbocycles. The summed E-state index contributed by atoms with van der Waals surface area (Å²) in [5, 5.41) is 0. The second kappa shape index (κ2) is 5.33. The third-order valence-corrected chi connectivity index (χ3v) is 4.01. The second-order valence-electron chi connectivity index (χ2n) is 5.64. The lowest BCUT2D eigenvalue weighted by atomic mass is 10.1. The van der Waals surface area contributed by atoms with E-state index in [-0.39, 0.29) is 0 Å². The van der Waals surface area contributed by atoms with Crippen LogP contribution in [0.15, 0.2) is 24.3 Å². The highest BCUT2D eigenvalue weighted by atomic mass is 15.3. The number of aromatic nitrogens is 2. The molecule has 110 valence electrons. The summed E-state index contributed by atoms with van der Waals surface area (Å²) in [7, 11) is 2.04. The van der Waals surface area contributed by atoms with E-state index in [1.54, 1.807) is 0 Å². The van der Waals surface area contributed by atoms with E-state index in [9.17, 15) is 0 Å². The Bertz CT molecular complexity index is 664. The van der Waals surface area contributed by atoms with E-state index in [0.717, 1.165) is 22.9 Å². The number of hydrogen-bond donors (Lipinski definition) is 2. The van der Waals surface area contributed by atoms with Crippen LogP contribution in [0, 0.1) is 13.8 Å². The summed E-state index contributed by atoms with van der Waals surface area (Å²) in [6.07, 6.45) is 2.33. The fourth-order valence-electron chi connectivity index (χ4n) is 2.57. The molecule has 0 spiro atoms. The Hall–Kier alpha value is -2.14. The van der Waals surface area contributed by atoms with Crippen molar-refractivity contribution in [2.75, 3.05) is 17.4 Å². The molecule has 5 heteroatoms. The lowest BCUT2D eigenvalue weighted by Crippen LogP contribution is -2.19. The first-order chi connectivity index (χ1) is 10.1. The predicted octanol–water partition coefficient (Wildman–Crippen LogP) is 3.02. The average Bonchev–Trinajstić information content (AvgIpc) is 3.32. The molecule has 1 aromatic heterocycles. The van der Waals surface area contributed by atoms with Gasteiger partial charge in [-0.05, 0) is 38.3 Å². The van der Waals surface area contributed by atoms with Crippen molar-refractivity contribution in [1.82, 2.24) is 9.97 Å². The van der Waals surface area contributed by atoms with Crippen LogP contribution in [0.2, 0.25) is 0 Å². The second-order valence-corrected chi connectivity index (χ2v) is 5.64. The van der Waals surface area contributed by atoms with Crippen molar-refractivity contribution in [3.8, 4) is 0 Å². The topological polar surface area (TPSA) is 67.1 Å². The van der Waals surface area contributed by atoms with Gasteiger partial charge in [0, 0.05) is 24.2 Å². The Labute approximate surface area is 125 Å². The van der Waals surface area contributed by atoms with Gasteiger partial charge in [-0.2, -0.15) is 0 Å². The fourth-order valence-corrected chi connectivity index (χ4v) is 2.57. The zero-order valence-electron chi connectivity index (χ0n) is 12.7. The Balaban J connectivity index is 2.08. The lowest BCUT2D eigenvalue weighted by molar-refractivity contribution is 0.902. The molecule has 0 aliphatic heterocycles. The smallest absolute Gasteiger partial charge is 0.148 e. The summed E-state index contributed by atoms with van der Waals surface area (Å²) in [6.45, 7) is 4.10. The first kappa shape index (κ1) is 13.8. The van der Waals surface area contributed by atoms with Crippen LogP contribution in [0.25, 0.3) is 0 Å². The van der Waals surface area contributed by atoms with Gasteiger partial charge in [0.2, 0.25) is 0 Å². The molecular formula is C16H21N5. The van der Waals surface area contributed by atoms with E-state index in [1.165, 1.54) is 18.4 Å². The minimum absolute atomic E-state index is 0.488. The summed E-state index contributed by atoms with van der Waals surface area (Å²) in [6, 6.07) is 8.29. The van der Waals surface area contributed by atoms with E-state index in [1.807, 2.05) is 26.1 Å². The summed E-state index contributed by atoms with van der Waals surface area (Å²) in [5.41, 5.74) is 6.03. The van der Waals surface area contributed by atoms with Gasteiger partial charge in [0.1, 0.15) is 17.5 Å². The van der Waals surface area contributed by atoms with Gasteiger partial charge >= 0.3 is 0 Å². The van der Waals surface area contributed by atoms with E-state index in [4.69, 9.17) is 10.8 Å². The lowest BCUT2D eigenvalue weighted by Gasteiger charge is -2.23. The van der Waals surface area contributed by atoms with Gasteiger partial charge in [-0.25, -0.2) is 15.8 Å². The number of nitrogen functional groups attached to an aromatic ring is 1. The molecule has 21 heavy (non-hydrogen) atoms. The van der Waals surface area contributed by atoms with Gasteiger partial charge in [-0.3, -0.25) is 0 Å². The highest BCUT2D eigenvalue weighted by Crippen LogP contribution is 2.40. The number of hydrogen-bond acceptors (Lipinski definition) is 5.